The number of nitrogens with zero attached hydrogens (tertiary/aromatic N) is 3. The van der Waals surface area contributed by atoms with Crippen molar-refractivity contribution in [3.8, 4) is 5.75 Å². The van der Waals surface area contributed by atoms with Gasteiger partial charge in [-0.2, -0.15) is 10.2 Å². The maximum atomic E-state index is 10.1. The minimum absolute atomic E-state index is 0.0946. The molecule has 0 saturated heterocycles. The van der Waals surface area contributed by atoms with Crippen LogP contribution in [0, 0.1) is 0 Å². The number of azo groups is 1. The fourth-order valence-corrected chi connectivity index (χ4v) is 2.40. The third kappa shape index (κ3) is 4.62. The van der Waals surface area contributed by atoms with Gasteiger partial charge in [-0.25, -0.2) is 0 Å². The van der Waals surface area contributed by atoms with Crippen LogP contribution < -0.4 is 0 Å². The molecule has 0 aromatic heterocycles. The molecule has 0 fully saturated rings. The molecule has 5 nitrogen and oxygen atoms in total. The van der Waals surface area contributed by atoms with E-state index in [0.29, 0.717) is 11.3 Å². The summed E-state index contributed by atoms with van der Waals surface area (Å²) in [6.07, 6.45) is 1.55. The average molecular weight is 345 g/mol. The summed E-state index contributed by atoms with van der Waals surface area (Å²) in [6, 6.07) is 23.5. The van der Waals surface area contributed by atoms with Crippen molar-refractivity contribution in [1.82, 2.24) is 0 Å². The van der Waals surface area contributed by atoms with Gasteiger partial charge in [0.2, 0.25) is 0 Å². The van der Waals surface area contributed by atoms with Gasteiger partial charge in [0.25, 0.3) is 0 Å². The van der Waals surface area contributed by atoms with E-state index in [1.165, 1.54) is 0 Å². The minimum atomic E-state index is -0.384. The monoisotopic (exact) mass is 345 g/mol. The fourth-order valence-electron chi connectivity index (χ4n) is 2.40. The highest BCUT2D eigenvalue weighted by molar-refractivity contribution is 5.85. The second kappa shape index (κ2) is 8.69. The van der Waals surface area contributed by atoms with Crippen LogP contribution in [0.15, 0.2) is 94.1 Å². The molecule has 3 rings (SSSR count). The van der Waals surface area contributed by atoms with Crippen molar-refractivity contribution in [3.63, 3.8) is 0 Å². The smallest absolute Gasteiger partial charge is 0.124 e. The predicted molar refractivity (Wildman–Crippen MR) is 103 cm³/mol. The van der Waals surface area contributed by atoms with Gasteiger partial charge in [-0.15, -0.1) is 0 Å². The van der Waals surface area contributed by atoms with Gasteiger partial charge in [0.05, 0.1) is 24.0 Å². The van der Waals surface area contributed by atoms with Gasteiger partial charge in [-0.3, -0.25) is 4.99 Å². The van der Waals surface area contributed by atoms with Crippen LogP contribution in [0.2, 0.25) is 0 Å². The lowest BCUT2D eigenvalue weighted by atomic mass is 10.1. The van der Waals surface area contributed by atoms with Gasteiger partial charge in [-0.05, 0) is 35.9 Å². The molecule has 0 amide bonds. The molecule has 2 N–H and O–H groups in total. The number of benzene rings is 3. The highest BCUT2D eigenvalue weighted by Gasteiger charge is 2.08. The van der Waals surface area contributed by atoms with Gasteiger partial charge in [0.15, 0.2) is 0 Å². The van der Waals surface area contributed by atoms with E-state index in [1.807, 2.05) is 60.7 Å². The van der Waals surface area contributed by atoms with Crippen molar-refractivity contribution < 1.29 is 10.2 Å². The molecule has 0 aliphatic rings. The standard InChI is InChI=1S/C21H19N3O2/c25-15-20(16-7-3-1-4-8-16)22-14-17-13-19(11-12-21(17)26)24-23-18-9-5-2-6-10-18/h1-14,20,25-26H,15H2. The number of phenolic OH excluding ortho intramolecular Hbond substituents is 1. The molecule has 3 aromatic carbocycles. The summed E-state index contributed by atoms with van der Waals surface area (Å²) in [5.74, 6) is 0.0946. The molecule has 0 saturated carbocycles. The number of aliphatic hydroxyl groups is 1. The Labute approximate surface area is 152 Å². The molecule has 1 unspecified atom stereocenters. The highest BCUT2D eigenvalue weighted by Crippen LogP contribution is 2.25. The summed E-state index contributed by atoms with van der Waals surface area (Å²) in [5, 5.41) is 28.0. The van der Waals surface area contributed by atoms with Crippen molar-refractivity contribution in [2.24, 2.45) is 15.2 Å². The van der Waals surface area contributed by atoms with E-state index < -0.39 is 0 Å². The number of rotatable bonds is 6. The maximum absolute atomic E-state index is 10.1. The van der Waals surface area contributed by atoms with Gasteiger partial charge < -0.3 is 10.2 Å². The van der Waals surface area contributed by atoms with Crippen LogP contribution in [0.5, 0.6) is 5.75 Å². The fraction of sp³-hybridized carbons (Fsp3) is 0.0952. The van der Waals surface area contributed by atoms with Crippen molar-refractivity contribution in [2.45, 2.75) is 6.04 Å². The number of aromatic hydroxyl groups is 1. The molecule has 5 heteroatoms. The Morgan fingerprint density at radius 1 is 0.808 bits per heavy atom. The summed E-state index contributed by atoms with van der Waals surface area (Å²) in [4.78, 5) is 4.40. The molecule has 3 aromatic rings. The highest BCUT2D eigenvalue weighted by atomic mass is 16.3. The molecular weight excluding hydrogens is 326 g/mol. The number of hydrogen-bond donors (Lipinski definition) is 2. The van der Waals surface area contributed by atoms with Crippen molar-refractivity contribution >= 4 is 17.6 Å². The van der Waals surface area contributed by atoms with Gasteiger partial charge >= 0.3 is 0 Å². The second-order valence-electron chi connectivity index (χ2n) is 5.67. The van der Waals surface area contributed by atoms with Crippen molar-refractivity contribution in [1.29, 1.82) is 0 Å². The topological polar surface area (TPSA) is 77.5 Å². The zero-order valence-corrected chi connectivity index (χ0v) is 14.1. The summed E-state index contributed by atoms with van der Waals surface area (Å²) in [7, 11) is 0. The Hall–Kier alpha value is -3.31. The summed E-state index contributed by atoms with van der Waals surface area (Å²) < 4.78 is 0. The molecule has 0 heterocycles. The third-order valence-corrected chi connectivity index (χ3v) is 3.80. The molecule has 0 aliphatic heterocycles. The number of phenols is 1. The lowest BCUT2D eigenvalue weighted by Crippen LogP contribution is -2.01. The van der Waals surface area contributed by atoms with Gasteiger partial charge in [0.1, 0.15) is 5.75 Å². The molecule has 130 valence electrons. The molecular formula is C21H19N3O2. The molecule has 0 spiro atoms. The van der Waals surface area contributed by atoms with Gasteiger partial charge in [0, 0.05) is 11.8 Å². The predicted octanol–water partition coefficient (Wildman–Crippen LogP) is 4.96. The van der Waals surface area contributed by atoms with E-state index in [-0.39, 0.29) is 18.4 Å². The van der Waals surface area contributed by atoms with Crippen LogP contribution in [-0.2, 0) is 0 Å². The SMILES string of the molecule is OCC(N=Cc1cc(N=Nc2ccccc2)ccc1O)c1ccccc1. The molecule has 0 radical (unpaired) electrons. The first kappa shape index (κ1) is 17.5. The number of aliphatic hydroxyl groups excluding tert-OH is 1. The molecule has 26 heavy (non-hydrogen) atoms. The summed E-state index contributed by atoms with van der Waals surface area (Å²) >= 11 is 0. The normalized spacial score (nSPS) is 12.7. The maximum Gasteiger partial charge on any atom is 0.124 e. The van der Waals surface area contributed by atoms with Crippen LogP contribution in [0.3, 0.4) is 0 Å². The van der Waals surface area contributed by atoms with Crippen LogP contribution in [0.4, 0.5) is 11.4 Å². The molecule has 0 aliphatic carbocycles. The summed E-state index contributed by atoms with van der Waals surface area (Å²) in [5.41, 5.74) is 2.78. The first-order chi connectivity index (χ1) is 12.8. The number of aliphatic imine (C=N–C) groups is 1. The third-order valence-electron chi connectivity index (χ3n) is 3.80. The zero-order chi connectivity index (χ0) is 18.2. The summed E-state index contributed by atoms with van der Waals surface area (Å²) in [6.45, 7) is -0.116. The Bertz CT molecular complexity index is 894. The van der Waals surface area contributed by atoms with Crippen LogP contribution in [-0.4, -0.2) is 23.0 Å². The van der Waals surface area contributed by atoms with E-state index >= 15 is 0 Å². The number of hydrogen-bond acceptors (Lipinski definition) is 5. The van der Waals surface area contributed by atoms with E-state index in [9.17, 15) is 10.2 Å². The van der Waals surface area contributed by atoms with Gasteiger partial charge in [-0.1, -0.05) is 48.5 Å². The zero-order valence-electron chi connectivity index (χ0n) is 14.1. The van der Waals surface area contributed by atoms with Crippen LogP contribution in [0.25, 0.3) is 0 Å². The molecule has 1 atom stereocenters. The Kier molecular flexibility index (Phi) is 5.85. The molecule has 0 bridgehead atoms. The lowest BCUT2D eigenvalue weighted by Gasteiger charge is -2.09. The van der Waals surface area contributed by atoms with Crippen LogP contribution >= 0.6 is 0 Å². The van der Waals surface area contributed by atoms with E-state index in [4.69, 9.17) is 0 Å². The van der Waals surface area contributed by atoms with E-state index in [2.05, 4.69) is 15.2 Å². The van der Waals surface area contributed by atoms with E-state index in [0.717, 1.165) is 11.3 Å². The Morgan fingerprint density at radius 3 is 2.15 bits per heavy atom. The lowest BCUT2D eigenvalue weighted by molar-refractivity contribution is 0.269. The minimum Gasteiger partial charge on any atom is -0.507 e. The Balaban J connectivity index is 1.80. The average Bonchev–Trinajstić information content (AvgIpc) is 2.70. The largest absolute Gasteiger partial charge is 0.507 e. The van der Waals surface area contributed by atoms with Crippen molar-refractivity contribution in [2.75, 3.05) is 6.61 Å². The first-order valence-corrected chi connectivity index (χ1v) is 8.25. The second-order valence-corrected chi connectivity index (χ2v) is 5.67. The first-order valence-electron chi connectivity index (χ1n) is 8.25. The van der Waals surface area contributed by atoms with E-state index in [1.54, 1.807) is 24.4 Å². The van der Waals surface area contributed by atoms with Crippen LogP contribution in [0.1, 0.15) is 17.2 Å². The quantitative estimate of drug-likeness (QED) is 0.489. The Morgan fingerprint density at radius 2 is 1.46 bits per heavy atom. The van der Waals surface area contributed by atoms with Crippen molar-refractivity contribution in [3.05, 3.63) is 90.0 Å².